The van der Waals surface area contributed by atoms with E-state index in [2.05, 4.69) is 46.2 Å². The van der Waals surface area contributed by atoms with Crippen LogP contribution in [0, 0.1) is 17.3 Å². The molecule has 0 amide bonds. The van der Waals surface area contributed by atoms with Crippen molar-refractivity contribution >= 4 is 0 Å². The van der Waals surface area contributed by atoms with E-state index in [-0.39, 0.29) is 11.9 Å². The van der Waals surface area contributed by atoms with Gasteiger partial charge in [-0.25, -0.2) is 0 Å². The van der Waals surface area contributed by atoms with Gasteiger partial charge in [-0.15, -0.1) is 6.58 Å². The van der Waals surface area contributed by atoms with Crippen molar-refractivity contribution in [3.05, 3.63) is 12.7 Å². The molecule has 0 radical (unpaired) electrons. The maximum atomic E-state index is 6.37. The van der Waals surface area contributed by atoms with Crippen LogP contribution in [0.25, 0.3) is 0 Å². The number of nitrogens with zero attached hydrogens (tertiary/aromatic N) is 1. The standard InChI is InChI=1S/C20H37NO2/c1-7-13-21(6)14-10-18-15-22-20(23-18)11-8-17(9-12-20)19(4,5)16(2)3/h7,16-18H,1,8-15H2,2-6H3. The minimum Gasteiger partial charge on any atom is -0.347 e. The van der Waals surface area contributed by atoms with Gasteiger partial charge in [0.15, 0.2) is 5.79 Å². The Balaban J connectivity index is 1.80. The molecular formula is C20H37NO2. The maximum Gasteiger partial charge on any atom is 0.168 e. The first kappa shape index (κ1) is 19.0. The summed E-state index contributed by atoms with van der Waals surface area (Å²) in [5.74, 6) is 1.24. The van der Waals surface area contributed by atoms with Gasteiger partial charge < -0.3 is 14.4 Å². The first-order valence-corrected chi connectivity index (χ1v) is 9.40. The van der Waals surface area contributed by atoms with Gasteiger partial charge in [-0.05, 0) is 43.6 Å². The van der Waals surface area contributed by atoms with Crippen LogP contribution in [0.5, 0.6) is 0 Å². The van der Waals surface area contributed by atoms with E-state index in [1.807, 2.05) is 6.08 Å². The molecule has 1 aliphatic carbocycles. The van der Waals surface area contributed by atoms with Gasteiger partial charge >= 0.3 is 0 Å². The molecule has 0 aromatic heterocycles. The van der Waals surface area contributed by atoms with E-state index >= 15 is 0 Å². The average molecular weight is 324 g/mol. The zero-order valence-corrected chi connectivity index (χ0v) is 15.9. The van der Waals surface area contributed by atoms with Crippen LogP contribution in [0.3, 0.4) is 0 Å². The summed E-state index contributed by atoms with van der Waals surface area (Å²) in [6.07, 6.45) is 7.84. The normalized spacial score (nSPS) is 32.1. The quantitative estimate of drug-likeness (QED) is 0.645. The number of ether oxygens (including phenoxy) is 2. The van der Waals surface area contributed by atoms with Crippen LogP contribution in [-0.2, 0) is 9.47 Å². The summed E-state index contributed by atoms with van der Waals surface area (Å²) in [5, 5.41) is 0. The largest absolute Gasteiger partial charge is 0.347 e. The summed E-state index contributed by atoms with van der Waals surface area (Å²) >= 11 is 0. The fourth-order valence-electron chi connectivity index (χ4n) is 3.97. The van der Waals surface area contributed by atoms with Gasteiger partial charge in [0.2, 0.25) is 0 Å². The summed E-state index contributed by atoms with van der Waals surface area (Å²) in [7, 11) is 2.13. The van der Waals surface area contributed by atoms with E-state index in [1.54, 1.807) is 0 Å². The van der Waals surface area contributed by atoms with Crippen LogP contribution in [0.1, 0.15) is 59.8 Å². The molecule has 2 rings (SSSR count). The van der Waals surface area contributed by atoms with Crippen LogP contribution in [-0.4, -0.2) is 43.5 Å². The SMILES string of the molecule is C=CCN(C)CCC1COC2(CCC(C(C)(C)C(C)C)CC2)O1. The first-order chi connectivity index (χ1) is 10.8. The van der Waals surface area contributed by atoms with E-state index in [0.29, 0.717) is 5.41 Å². The van der Waals surface area contributed by atoms with Crippen molar-refractivity contribution in [2.45, 2.75) is 71.7 Å². The lowest BCUT2D eigenvalue weighted by atomic mass is 9.64. The fraction of sp³-hybridized carbons (Fsp3) is 0.900. The van der Waals surface area contributed by atoms with Crippen molar-refractivity contribution in [2.24, 2.45) is 17.3 Å². The number of hydrogen-bond donors (Lipinski definition) is 0. The van der Waals surface area contributed by atoms with Crippen LogP contribution >= 0.6 is 0 Å². The first-order valence-electron chi connectivity index (χ1n) is 9.40. The highest BCUT2D eigenvalue weighted by atomic mass is 16.7. The molecule has 1 aliphatic heterocycles. The van der Waals surface area contributed by atoms with Crippen LogP contribution in [0.15, 0.2) is 12.7 Å². The summed E-state index contributed by atoms with van der Waals surface area (Å²) < 4.78 is 12.5. The van der Waals surface area contributed by atoms with Gasteiger partial charge in [-0.3, -0.25) is 0 Å². The van der Waals surface area contributed by atoms with E-state index in [0.717, 1.165) is 50.8 Å². The van der Waals surface area contributed by atoms with E-state index in [9.17, 15) is 0 Å². The molecule has 3 heteroatoms. The maximum absolute atomic E-state index is 6.37. The van der Waals surface area contributed by atoms with Gasteiger partial charge in [-0.2, -0.15) is 0 Å². The molecule has 0 N–H and O–H groups in total. The van der Waals surface area contributed by atoms with Gasteiger partial charge in [0.05, 0.1) is 12.7 Å². The van der Waals surface area contributed by atoms with E-state index in [1.165, 1.54) is 12.8 Å². The zero-order chi connectivity index (χ0) is 17.1. The summed E-state index contributed by atoms with van der Waals surface area (Å²) in [6.45, 7) is 16.1. The van der Waals surface area contributed by atoms with Gasteiger partial charge in [0.25, 0.3) is 0 Å². The Morgan fingerprint density at radius 1 is 1.30 bits per heavy atom. The molecule has 1 unspecified atom stereocenters. The lowest BCUT2D eigenvalue weighted by molar-refractivity contribution is -0.198. The lowest BCUT2D eigenvalue weighted by Gasteiger charge is -2.44. The molecule has 1 saturated heterocycles. The molecule has 0 bridgehead atoms. The smallest absolute Gasteiger partial charge is 0.168 e. The molecule has 23 heavy (non-hydrogen) atoms. The van der Waals surface area contributed by atoms with Crippen LogP contribution in [0.2, 0.25) is 0 Å². The molecule has 0 aromatic carbocycles. The molecule has 1 atom stereocenters. The third kappa shape index (κ3) is 4.58. The van der Waals surface area contributed by atoms with Crippen molar-refractivity contribution in [3.8, 4) is 0 Å². The Morgan fingerprint density at radius 2 is 1.96 bits per heavy atom. The Labute approximate surface area is 143 Å². The second-order valence-electron chi connectivity index (χ2n) is 8.55. The van der Waals surface area contributed by atoms with Crippen molar-refractivity contribution < 1.29 is 9.47 Å². The van der Waals surface area contributed by atoms with Gasteiger partial charge in [0.1, 0.15) is 0 Å². The third-order valence-corrected chi connectivity index (χ3v) is 6.47. The van der Waals surface area contributed by atoms with Crippen molar-refractivity contribution in [2.75, 3.05) is 26.7 Å². The van der Waals surface area contributed by atoms with E-state index in [4.69, 9.17) is 9.47 Å². The molecule has 134 valence electrons. The van der Waals surface area contributed by atoms with Crippen molar-refractivity contribution in [3.63, 3.8) is 0 Å². The fourth-order valence-corrected chi connectivity index (χ4v) is 3.97. The molecular weight excluding hydrogens is 286 g/mol. The highest BCUT2D eigenvalue weighted by Gasteiger charge is 2.46. The topological polar surface area (TPSA) is 21.7 Å². The van der Waals surface area contributed by atoms with E-state index < -0.39 is 0 Å². The highest BCUT2D eigenvalue weighted by molar-refractivity contribution is 4.91. The average Bonchev–Trinajstić information content (AvgIpc) is 2.89. The van der Waals surface area contributed by atoms with Crippen molar-refractivity contribution in [1.82, 2.24) is 4.90 Å². The Bertz CT molecular complexity index is 383. The minimum atomic E-state index is -0.273. The van der Waals surface area contributed by atoms with Gasteiger partial charge in [-0.1, -0.05) is 33.8 Å². The Kier molecular flexibility index (Phi) is 6.32. The van der Waals surface area contributed by atoms with Crippen LogP contribution in [0.4, 0.5) is 0 Å². The van der Waals surface area contributed by atoms with Gasteiger partial charge in [0, 0.05) is 25.9 Å². The second-order valence-corrected chi connectivity index (χ2v) is 8.55. The molecule has 0 aromatic rings. The molecule has 1 spiro atoms. The molecule has 2 aliphatic rings. The molecule has 1 saturated carbocycles. The summed E-state index contributed by atoms with van der Waals surface area (Å²) in [6, 6.07) is 0. The summed E-state index contributed by atoms with van der Waals surface area (Å²) in [4.78, 5) is 2.28. The summed E-state index contributed by atoms with van der Waals surface area (Å²) in [5.41, 5.74) is 0.410. The molecule has 2 fully saturated rings. The Hall–Kier alpha value is -0.380. The molecule has 1 heterocycles. The highest BCUT2D eigenvalue weighted by Crippen LogP contribution is 2.48. The predicted molar refractivity (Wildman–Crippen MR) is 96.4 cm³/mol. The number of rotatable bonds is 7. The van der Waals surface area contributed by atoms with Crippen molar-refractivity contribution in [1.29, 1.82) is 0 Å². The molecule has 3 nitrogen and oxygen atoms in total. The monoisotopic (exact) mass is 323 g/mol. The number of hydrogen-bond acceptors (Lipinski definition) is 3. The second kappa shape index (κ2) is 7.67. The lowest BCUT2D eigenvalue weighted by Crippen LogP contribution is -2.41. The minimum absolute atomic E-state index is 0.261. The predicted octanol–water partition coefficient (Wildman–Crippen LogP) is 4.48. The Morgan fingerprint density at radius 3 is 2.52 bits per heavy atom. The third-order valence-electron chi connectivity index (χ3n) is 6.47. The van der Waals surface area contributed by atoms with Crippen LogP contribution < -0.4 is 0 Å². The zero-order valence-electron chi connectivity index (χ0n) is 15.9. The number of likely N-dealkylation sites (N-methyl/N-ethyl adjacent to an activating group) is 1.